The lowest BCUT2D eigenvalue weighted by Crippen LogP contribution is -2.67. The summed E-state index contributed by atoms with van der Waals surface area (Å²) in [6.45, 7) is 14.0. The summed E-state index contributed by atoms with van der Waals surface area (Å²) in [4.78, 5) is 13.1. The first kappa shape index (κ1) is 49.0. The van der Waals surface area contributed by atoms with Gasteiger partial charge in [-0.2, -0.15) is 0 Å². The predicted octanol–water partition coefficient (Wildman–Crippen LogP) is 1.35. The molecular formula is C47H76O17. The van der Waals surface area contributed by atoms with Gasteiger partial charge >= 0.3 is 5.97 Å². The molecule has 0 aromatic rings. The van der Waals surface area contributed by atoms with Crippen molar-refractivity contribution in [2.75, 3.05) is 19.8 Å². The fourth-order valence-corrected chi connectivity index (χ4v) is 14.9. The Hall–Kier alpha value is -1.39. The van der Waals surface area contributed by atoms with Gasteiger partial charge in [-0.1, -0.05) is 53.2 Å². The fraction of sp³-hybridized carbons (Fsp3) is 0.936. The molecule has 3 saturated heterocycles. The minimum atomic E-state index is -1.78. The molecule has 3 aliphatic heterocycles. The number of carboxylic acid groups (broad SMARTS) is 1. The second kappa shape index (κ2) is 17.2. The van der Waals surface area contributed by atoms with Crippen molar-refractivity contribution < 1.29 is 84.3 Å². The first-order valence-corrected chi connectivity index (χ1v) is 23.7. The third kappa shape index (κ3) is 7.49. The summed E-state index contributed by atoms with van der Waals surface area (Å²) in [5, 5.41) is 108. The number of ether oxygens (including phenoxy) is 6. The van der Waals surface area contributed by atoms with Crippen LogP contribution in [0.1, 0.15) is 113 Å². The number of allylic oxidation sites excluding steroid dienone is 2. The van der Waals surface area contributed by atoms with Gasteiger partial charge in [-0.25, -0.2) is 0 Å². The molecule has 0 bridgehead atoms. The van der Waals surface area contributed by atoms with Crippen LogP contribution in [-0.2, 0) is 33.2 Å². The van der Waals surface area contributed by atoms with Crippen molar-refractivity contribution >= 4 is 5.97 Å². The maximum absolute atomic E-state index is 13.1. The van der Waals surface area contributed by atoms with Gasteiger partial charge in [0.1, 0.15) is 61.0 Å². The van der Waals surface area contributed by atoms with Gasteiger partial charge in [0.05, 0.1) is 37.4 Å². The van der Waals surface area contributed by atoms with Gasteiger partial charge < -0.3 is 79.5 Å². The molecule has 64 heavy (non-hydrogen) atoms. The first-order valence-electron chi connectivity index (χ1n) is 23.7. The van der Waals surface area contributed by atoms with Crippen LogP contribution in [0.15, 0.2) is 11.6 Å². The Morgan fingerprint density at radius 3 is 2.11 bits per heavy atom. The molecule has 0 spiro atoms. The number of hydrogen-bond acceptors (Lipinski definition) is 16. The number of carboxylic acids is 1. The number of carbonyl (C=O) groups is 1. The van der Waals surface area contributed by atoms with E-state index in [0.717, 1.165) is 44.9 Å². The highest BCUT2D eigenvalue weighted by Crippen LogP contribution is 2.76. The fourth-order valence-electron chi connectivity index (χ4n) is 14.9. The van der Waals surface area contributed by atoms with Crippen molar-refractivity contribution in [3.05, 3.63) is 11.6 Å². The molecule has 0 amide bonds. The van der Waals surface area contributed by atoms with Crippen LogP contribution in [0.2, 0.25) is 0 Å². The minimum Gasteiger partial charge on any atom is -0.481 e. The Balaban J connectivity index is 1.06. The molecule has 8 aliphatic rings. The summed E-state index contributed by atoms with van der Waals surface area (Å²) in [7, 11) is 0. The van der Waals surface area contributed by atoms with Crippen molar-refractivity contribution in [2.45, 2.75) is 205 Å². The first-order chi connectivity index (χ1) is 29.9. The Bertz CT molecular complexity index is 1730. The number of aliphatic carboxylic acids is 1. The molecule has 0 aromatic heterocycles. The average molecular weight is 913 g/mol. The lowest BCUT2D eigenvalue weighted by Gasteiger charge is -2.71. The van der Waals surface area contributed by atoms with Gasteiger partial charge in [-0.15, -0.1) is 0 Å². The number of rotatable bonds is 9. The zero-order chi connectivity index (χ0) is 46.7. The molecule has 0 aromatic carbocycles. The molecule has 10 N–H and O–H groups in total. The summed E-state index contributed by atoms with van der Waals surface area (Å²) in [5.74, 6) is -0.453. The summed E-state index contributed by atoms with van der Waals surface area (Å²) in [6.07, 6.45) is -11.9. The summed E-state index contributed by atoms with van der Waals surface area (Å²) in [6, 6.07) is 0. The van der Waals surface area contributed by atoms with Crippen LogP contribution >= 0.6 is 0 Å². The van der Waals surface area contributed by atoms with Gasteiger partial charge in [0.2, 0.25) is 0 Å². The van der Waals surface area contributed by atoms with E-state index in [4.69, 9.17) is 28.4 Å². The Morgan fingerprint density at radius 2 is 1.44 bits per heavy atom. The molecule has 23 atom stereocenters. The van der Waals surface area contributed by atoms with E-state index in [9.17, 15) is 55.9 Å². The topological polar surface area (TPSA) is 275 Å². The van der Waals surface area contributed by atoms with E-state index in [2.05, 4.69) is 40.7 Å². The van der Waals surface area contributed by atoms with Crippen molar-refractivity contribution in [3.8, 4) is 0 Å². The average Bonchev–Trinajstić information content (AvgIpc) is 3.24. The van der Waals surface area contributed by atoms with E-state index in [1.165, 1.54) is 12.5 Å². The number of hydrogen-bond donors (Lipinski definition) is 10. The minimum absolute atomic E-state index is 0.0130. The maximum atomic E-state index is 13.1. The van der Waals surface area contributed by atoms with Crippen LogP contribution in [-0.4, -0.2) is 169 Å². The van der Waals surface area contributed by atoms with Crippen molar-refractivity contribution in [2.24, 2.45) is 50.2 Å². The van der Waals surface area contributed by atoms with E-state index >= 15 is 0 Å². The van der Waals surface area contributed by atoms with E-state index in [-0.39, 0.29) is 52.6 Å². The Kier molecular flexibility index (Phi) is 13.2. The maximum Gasteiger partial charge on any atom is 0.310 e. The lowest BCUT2D eigenvalue weighted by atomic mass is 9.33. The van der Waals surface area contributed by atoms with E-state index in [1.807, 2.05) is 6.92 Å². The second-order valence-electron chi connectivity index (χ2n) is 22.8. The predicted molar refractivity (Wildman–Crippen MR) is 225 cm³/mol. The molecule has 0 radical (unpaired) electrons. The van der Waals surface area contributed by atoms with Crippen LogP contribution in [0, 0.1) is 50.2 Å². The highest BCUT2D eigenvalue weighted by Gasteiger charge is 2.70. The molecular weight excluding hydrogens is 837 g/mol. The van der Waals surface area contributed by atoms with Gasteiger partial charge in [-0.05, 0) is 111 Å². The molecule has 23 unspecified atom stereocenters. The number of aliphatic hydroxyl groups excluding tert-OH is 9. The zero-order valence-corrected chi connectivity index (χ0v) is 38.5. The quantitative estimate of drug-likeness (QED) is 0.116. The van der Waals surface area contributed by atoms with E-state index < -0.39 is 116 Å². The van der Waals surface area contributed by atoms with Crippen molar-refractivity contribution in [1.29, 1.82) is 0 Å². The number of fused-ring (bicyclic) bond motifs is 7. The second-order valence-corrected chi connectivity index (χ2v) is 22.8. The SMILES string of the molecule is CC1OC(O)C(O)C(OC2C(OC3CCC4(C)C(CCC5(C)C4CC=C4C6CC(C)(C)CCC6(C(=O)O)CCC45C)C3(C)CO)OCC(OC3OC(CO)C(O)C(O)C3O)C2O)C1O. The van der Waals surface area contributed by atoms with Crippen LogP contribution in [0.5, 0.6) is 0 Å². The largest absolute Gasteiger partial charge is 0.481 e. The summed E-state index contributed by atoms with van der Waals surface area (Å²) in [5.41, 5.74) is -0.726. The molecule has 5 aliphatic carbocycles. The summed E-state index contributed by atoms with van der Waals surface area (Å²) < 4.78 is 36.1. The molecule has 17 nitrogen and oxygen atoms in total. The van der Waals surface area contributed by atoms with Crippen LogP contribution in [0.25, 0.3) is 0 Å². The third-order valence-corrected chi connectivity index (χ3v) is 19.1. The Morgan fingerprint density at radius 1 is 0.734 bits per heavy atom. The van der Waals surface area contributed by atoms with Crippen molar-refractivity contribution in [1.82, 2.24) is 0 Å². The third-order valence-electron chi connectivity index (χ3n) is 19.1. The lowest BCUT2D eigenvalue weighted by molar-refractivity contribution is -0.370. The normalized spacial score (nSPS) is 55.0. The molecule has 17 heteroatoms. The smallest absolute Gasteiger partial charge is 0.310 e. The monoisotopic (exact) mass is 913 g/mol. The van der Waals surface area contributed by atoms with E-state index in [0.29, 0.717) is 19.3 Å². The standard InChI is InChI=1S/C47H76O17/c1-22-30(50)36(35(55)38(56)60-22)64-37-32(52)26(62-39-34(54)33(53)31(51)25(19-48)61-39)20-59-40(37)63-29-11-12-43(4)27(44(29,5)21-49)10-13-46(7)28(43)9-8-23-24-18-42(2,3)14-16-47(24,41(57)58)17-15-45(23,46)6/h8,22,24-40,48-56H,9-21H2,1-7H3,(H,57,58). The van der Waals surface area contributed by atoms with Crippen LogP contribution in [0.3, 0.4) is 0 Å². The Labute approximate surface area is 376 Å². The van der Waals surface area contributed by atoms with Crippen LogP contribution in [0.4, 0.5) is 0 Å². The van der Waals surface area contributed by atoms with Gasteiger partial charge in [0.25, 0.3) is 0 Å². The molecule has 4 saturated carbocycles. The molecule has 3 heterocycles. The van der Waals surface area contributed by atoms with Crippen LogP contribution < -0.4 is 0 Å². The molecule has 366 valence electrons. The summed E-state index contributed by atoms with van der Waals surface area (Å²) >= 11 is 0. The van der Waals surface area contributed by atoms with Crippen molar-refractivity contribution in [3.63, 3.8) is 0 Å². The van der Waals surface area contributed by atoms with Gasteiger partial charge in [0.15, 0.2) is 18.9 Å². The highest BCUT2D eigenvalue weighted by molar-refractivity contribution is 5.76. The zero-order valence-electron chi connectivity index (χ0n) is 38.5. The van der Waals surface area contributed by atoms with E-state index in [1.54, 1.807) is 0 Å². The molecule has 7 fully saturated rings. The highest BCUT2D eigenvalue weighted by atomic mass is 16.7. The van der Waals surface area contributed by atoms with Gasteiger partial charge in [-0.3, -0.25) is 4.79 Å². The number of aliphatic hydroxyl groups is 9. The van der Waals surface area contributed by atoms with Gasteiger partial charge in [0, 0.05) is 5.41 Å². The molecule has 8 rings (SSSR count).